The van der Waals surface area contributed by atoms with Crippen LogP contribution in [0.2, 0.25) is 0 Å². The summed E-state index contributed by atoms with van der Waals surface area (Å²) >= 11 is 1.67. The van der Waals surface area contributed by atoms with Crippen molar-refractivity contribution in [2.24, 2.45) is 5.73 Å². The van der Waals surface area contributed by atoms with Crippen molar-refractivity contribution < 1.29 is 4.79 Å². The van der Waals surface area contributed by atoms with E-state index in [9.17, 15) is 4.79 Å². The first kappa shape index (κ1) is 13.2. The van der Waals surface area contributed by atoms with Gasteiger partial charge in [-0.05, 0) is 30.4 Å². The summed E-state index contributed by atoms with van der Waals surface area (Å²) in [5.41, 5.74) is 7.04. The number of hydrogen-bond donors (Lipinski definition) is 2. The van der Waals surface area contributed by atoms with Gasteiger partial charge < -0.3 is 11.1 Å². The number of aryl methyl sites for hydroxylation is 1. The molecule has 0 aromatic carbocycles. The van der Waals surface area contributed by atoms with Crippen LogP contribution < -0.4 is 11.1 Å². The third kappa shape index (κ3) is 4.33. The fourth-order valence-electron chi connectivity index (χ4n) is 1.55. The molecular formula is C12H20N2OS. The molecule has 1 unspecified atom stereocenters. The van der Waals surface area contributed by atoms with E-state index < -0.39 is 0 Å². The van der Waals surface area contributed by atoms with Gasteiger partial charge in [0.15, 0.2) is 0 Å². The highest BCUT2D eigenvalue weighted by atomic mass is 32.1. The first-order valence-corrected chi connectivity index (χ1v) is 6.56. The minimum atomic E-state index is -0.00515. The monoisotopic (exact) mass is 240 g/mol. The first-order valence-electron chi connectivity index (χ1n) is 5.68. The molecule has 1 atom stereocenters. The second-order valence-corrected chi connectivity index (χ2v) is 5.06. The molecule has 0 aliphatic carbocycles. The van der Waals surface area contributed by atoms with E-state index in [4.69, 9.17) is 5.73 Å². The number of nitrogens with one attached hydrogen (secondary N) is 1. The fourth-order valence-corrected chi connectivity index (χ4v) is 2.39. The Labute approximate surface area is 101 Å². The van der Waals surface area contributed by atoms with Gasteiger partial charge in [0.2, 0.25) is 5.91 Å². The van der Waals surface area contributed by atoms with Crippen molar-refractivity contribution in [1.82, 2.24) is 5.32 Å². The summed E-state index contributed by atoms with van der Waals surface area (Å²) in [5, 5.41) is 4.95. The van der Waals surface area contributed by atoms with Crippen LogP contribution in [0.15, 0.2) is 11.4 Å². The fraction of sp³-hybridized carbons (Fsp3) is 0.583. The van der Waals surface area contributed by atoms with Gasteiger partial charge in [-0.2, -0.15) is 0 Å². The van der Waals surface area contributed by atoms with E-state index in [0.29, 0.717) is 13.0 Å². The van der Waals surface area contributed by atoms with E-state index in [-0.39, 0.29) is 11.9 Å². The van der Waals surface area contributed by atoms with E-state index in [2.05, 4.69) is 25.2 Å². The molecule has 1 rings (SSSR count). The van der Waals surface area contributed by atoms with Crippen molar-refractivity contribution in [1.29, 1.82) is 0 Å². The Hall–Kier alpha value is -0.870. The molecule has 1 heterocycles. The van der Waals surface area contributed by atoms with Crippen molar-refractivity contribution in [3.63, 3.8) is 0 Å². The molecular weight excluding hydrogens is 220 g/mol. The zero-order valence-electron chi connectivity index (χ0n) is 9.95. The van der Waals surface area contributed by atoms with E-state index in [0.717, 1.165) is 12.8 Å². The number of carbonyl (C=O) groups is 1. The van der Waals surface area contributed by atoms with Crippen LogP contribution in [0.1, 0.15) is 36.6 Å². The van der Waals surface area contributed by atoms with Gasteiger partial charge in [-0.3, -0.25) is 4.79 Å². The van der Waals surface area contributed by atoms with Gasteiger partial charge in [-0.25, -0.2) is 0 Å². The average molecular weight is 240 g/mol. The van der Waals surface area contributed by atoms with Gasteiger partial charge in [0.25, 0.3) is 0 Å². The van der Waals surface area contributed by atoms with Crippen LogP contribution in [-0.4, -0.2) is 11.9 Å². The van der Waals surface area contributed by atoms with E-state index in [1.807, 2.05) is 5.38 Å². The molecule has 0 aliphatic heterocycles. The molecule has 4 heteroatoms. The number of nitrogens with two attached hydrogens (primary N) is 1. The van der Waals surface area contributed by atoms with Crippen LogP contribution in [0.5, 0.6) is 0 Å². The smallest absolute Gasteiger partial charge is 0.221 e. The van der Waals surface area contributed by atoms with Crippen molar-refractivity contribution in [3.05, 3.63) is 21.9 Å². The van der Waals surface area contributed by atoms with Crippen LogP contribution in [0.3, 0.4) is 0 Å². The summed E-state index contributed by atoms with van der Waals surface area (Å²) in [6, 6.07) is 2.06. The summed E-state index contributed by atoms with van der Waals surface area (Å²) in [6.45, 7) is 4.76. The lowest BCUT2D eigenvalue weighted by Crippen LogP contribution is -2.31. The Kier molecular flexibility index (Phi) is 5.49. The minimum Gasteiger partial charge on any atom is -0.351 e. The molecule has 0 bridgehead atoms. The lowest BCUT2D eigenvalue weighted by Gasteiger charge is -2.10. The number of amides is 1. The third-order valence-electron chi connectivity index (χ3n) is 2.52. The van der Waals surface area contributed by atoms with Gasteiger partial charge in [0.05, 0.1) is 6.54 Å². The molecule has 1 aromatic rings. The van der Waals surface area contributed by atoms with Crippen molar-refractivity contribution >= 4 is 17.2 Å². The Morgan fingerprint density at radius 3 is 2.94 bits per heavy atom. The van der Waals surface area contributed by atoms with Crippen LogP contribution >= 0.6 is 11.3 Å². The normalized spacial score (nSPS) is 12.4. The Morgan fingerprint density at radius 1 is 1.62 bits per heavy atom. The number of hydrogen-bond acceptors (Lipinski definition) is 3. The maximum Gasteiger partial charge on any atom is 0.221 e. The molecule has 0 saturated carbocycles. The Bertz CT molecular complexity index is 336. The second-order valence-electron chi connectivity index (χ2n) is 4.06. The largest absolute Gasteiger partial charge is 0.351 e. The maximum absolute atomic E-state index is 11.5. The number of carbonyl (C=O) groups excluding carboxylic acids is 1. The zero-order chi connectivity index (χ0) is 12.0. The Balaban J connectivity index is 2.28. The van der Waals surface area contributed by atoms with Crippen molar-refractivity contribution in [2.45, 2.75) is 45.7 Å². The summed E-state index contributed by atoms with van der Waals surface area (Å²) in [7, 11) is 0. The van der Waals surface area contributed by atoms with Crippen LogP contribution in [0, 0.1) is 6.92 Å². The maximum atomic E-state index is 11.5. The SMILES string of the molecule is CCCC(N)CC(=O)NCc1sccc1C. The molecule has 90 valence electrons. The summed E-state index contributed by atoms with van der Waals surface area (Å²) in [6.07, 6.45) is 2.36. The van der Waals surface area contributed by atoms with Gasteiger partial charge in [0, 0.05) is 17.3 Å². The first-order chi connectivity index (χ1) is 7.63. The summed E-state index contributed by atoms with van der Waals surface area (Å²) in [4.78, 5) is 12.8. The van der Waals surface area contributed by atoms with Gasteiger partial charge in [-0.15, -0.1) is 11.3 Å². The summed E-state index contributed by atoms with van der Waals surface area (Å²) in [5.74, 6) is 0.0498. The standard InChI is InChI=1S/C12H20N2OS/c1-3-4-10(13)7-12(15)14-8-11-9(2)5-6-16-11/h5-6,10H,3-4,7-8,13H2,1-2H3,(H,14,15). The van der Waals surface area contributed by atoms with Crippen LogP contribution in [0.4, 0.5) is 0 Å². The highest BCUT2D eigenvalue weighted by Crippen LogP contribution is 2.14. The molecule has 0 radical (unpaired) electrons. The average Bonchev–Trinajstić information content (AvgIpc) is 2.61. The molecule has 16 heavy (non-hydrogen) atoms. The number of rotatable bonds is 6. The van der Waals surface area contributed by atoms with Gasteiger partial charge in [0.1, 0.15) is 0 Å². The van der Waals surface area contributed by atoms with Crippen LogP contribution in [-0.2, 0) is 11.3 Å². The summed E-state index contributed by atoms with van der Waals surface area (Å²) < 4.78 is 0. The second kappa shape index (κ2) is 6.66. The predicted molar refractivity (Wildman–Crippen MR) is 68.4 cm³/mol. The molecule has 1 aromatic heterocycles. The number of thiophene rings is 1. The molecule has 1 amide bonds. The van der Waals surface area contributed by atoms with E-state index in [1.54, 1.807) is 11.3 Å². The third-order valence-corrected chi connectivity index (χ3v) is 3.54. The van der Waals surface area contributed by atoms with Crippen LogP contribution in [0.25, 0.3) is 0 Å². The molecule has 0 fully saturated rings. The molecule has 3 nitrogen and oxygen atoms in total. The highest BCUT2D eigenvalue weighted by molar-refractivity contribution is 7.10. The highest BCUT2D eigenvalue weighted by Gasteiger charge is 2.09. The Morgan fingerprint density at radius 2 is 2.38 bits per heavy atom. The molecule has 0 aliphatic rings. The molecule has 0 spiro atoms. The van der Waals surface area contributed by atoms with E-state index in [1.165, 1.54) is 10.4 Å². The zero-order valence-corrected chi connectivity index (χ0v) is 10.8. The topological polar surface area (TPSA) is 55.1 Å². The molecule has 3 N–H and O–H groups in total. The lowest BCUT2D eigenvalue weighted by molar-refractivity contribution is -0.121. The molecule has 0 saturated heterocycles. The van der Waals surface area contributed by atoms with Crippen molar-refractivity contribution in [3.8, 4) is 0 Å². The van der Waals surface area contributed by atoms with Crippen molar-refractivity contribution in [2.75, 3.05) is 0 Å². The van der Waals surface area contributed by atoms with E-state index >= 15 is 0 Å². The predicted octanol–water partition coefficient (Wildman–Crippen LogP) is 2.19. The van der Waals surface area contributed by atoms with Gasteiger partial charge >= 0.3 is 0 Å². The quantitative estimate of drug-likeness (QED) is 0.801. The van der Waals surface area contributed by atoms with Gasteiger partial charge in [-0.1, -0.05) is 13.3 Å². The lowest BCUT2D eigenvalue weighted by atomic mass is 10.1. The minimum absolute atomic E-state index is 0.00515.